The van der Waals surface area contributed by atoms with E-state index in [9.17, 15) is 0 Å². The highest BCUT2D eigenvalue weighted by Crippen LogP contribution is 2.30. The fraction of sp³-hybridized carbons (Fsp3) is 0. The molecule has 0 unspecified atom stereocenters. The van der Waals surface area contributed by atoms with E-state index in [4.69, 9.17) is 14.7 Å². The molecule has 3 heterocycles. The van der Waals surface area contributed by atoms with Crippen LogP contribution in [0, 0.1) is 0 Å². The summed E-state index contributed by atoms with van der Waals surface area (Å²) in [4.78, 5) is 8.33. The topological polar surface area (TPSA) is 91.0 Å². The lowest BCUT2D eigenvalue weighted by atomic mass is 10.2. The standard InChI is InChI=1S/C15H10N4O2/c16-13-7-9(5-6-17-13)15-18-14(19-21-15)11-8-20-12-4-2-1-3-10(11)12/h1-8H,(H2,16,17). The van der Waals surface area contributed by atoms with Gasteiger partial charge < -0.3 is 14.7 Å². The highest BCUT2D eigenvalue weighted by molar-refractivity contribution is 5.92. The average Bonchev–Trinajstić information content (AvgIpc) is 3.14. The monoisotopic (exact) mass is 278 g/mol. The van der Waals surface area contributed by atoms with Gasteiger partial charge in [-0.25, -0.2) is 4.98 Å². The molecule has 2 N–H and O–H groups in total. The van der Waals surface area contributed by atoms with E-state index in [2.05, 4.69) is 15.1 Å². The SMILES string of the molecule is Nc1cc(-c2nc(-c3coc4ccccc34)no2)ccn1. The molecule has 6 nitrogen and oxygen atoms in total. The number of benzene rings is 1. The summed E-state index contributed by atoms with van der Waals surface area (Å²) in [5.74, 6) is 1.27. The van der Waals surface area contributed by atoms with Gasteiger partial charge in [-0.2, -0.15) is 4.98 Å². The molecular formula is C15H10N4O2. The maximum absolute atomic E-state index is 5.66. The minimum atomic E-state index is 0.393. The van der Waals surface area contributed by atoms with Gasteiger partial charge in [0.15, 0.2) is 0 Å². The molecule has 102 valence electrons. The number of fused-ring (bicyclic) bond motifs is 1. The van der Waals surface area contributed by atoms with Crippen molar-refractivity contribution in [1.29, 1.82) is 0 Å². The van der Waals surface area contributed by atoms with Crippen LogP contribution in [0.5, 0.6) is 0 Å². The van der Waals surface area contributed by atoms with Crippen LogP contribution < -0.4 is 5.73 Å². The molecule has 3 aromatic heterocycles. The number of nitrogen functional groups attached to an aromatic ring is 1. The lowest BCUT2D eigenvalue weighted by Crippen LogP contribution is -1.89. The predicted molar refractivity (Wildman–Crippen MR) is 77.1 cm³/mol. The summed E-state index contributed by atoms with van der Waals surface area (Å²) >= 11 is 0. The minimum absolute atomic E-state index is 0.393. The molecule has 0 amide bonds. The zero-order valence-electron chi connectivity index (χ0n) is 10.9. The molecule has 0 fully saturated rings. The largest absolute Gasteiger partial charge is 0.464 e. The van der Waals surface area contributed by atoms with E-state index in [1.54, 1.807) is 24.6 Å². The number of furan rings is 1. The Morgan fingerprint density at radius 2 is 2.00 bits per heavy atom. The number of pyridine rings is 1. The summed E-state index contributed by atoms with van der Waals surface area (Å²) in [6.07, 6.45) is 3.22. The molecule has 0 spiro atoms. The van der Waals surface area contributed by atoms with Crippen LogP contribution in [-0.4, -0.2) is 15.1 Å². The van der Waals surface area contributed by atoms with Crippen LogP contribution in [0.4, 0.5) is 5.82 Å². The molecule has 0 aliphatic carbocycles. The van der Waals surface area contributed by atoms with Gasteiger partial charge in [0.25, 0.3) is 5.89 Å². The van der Waals surface area contributed by atoms with Gasteiger partial charge >= 0.3 is 0 Å². The first-order chi connectivity index (χ1) is 10.3. The van der Waals surface area contributed by atoms with Crippen molar-refractivity contribution in [3.8, 4) is 22.8 Å². The first-order valence-electron chi connectivity index (χ1n) is 6.33. The number of hydrogen-bond acceptors (Lipinski definition) is 6. The molecule has 0 saturated heterocycles. The van der Waals surface area contributed by atoms with Crippen molar-refractivity contribution < 1.29 is 8.94 Å². The summed E-state index contributed by atoms with van der Waals surface area (Å²) in [5, 5.41) is 4.95. The van der Waals surface area contributed by atoms with Crippen LogP contribution in [-0.2, 0) is 0 Å². The smallest absolute Gasteiger partial charge is 0.258 e. The van der Waals surface area contributed by atoms with E-state index in [0.717, 1.165) is 22.1 Å². The maximum Gasteiger partial charge on any atom is 0.258 e. The first kappa shape index (κ1) is 11.7. The van der Waals surface area contributed by atoms with E-state index in [-0.39, 0.29) is 0 Å². The zero-order valence-corrected chi connectivity index (χ0v) is 10.9. The van der Waals surface area contributed by atoms with Gasteiger partial charge in [0.05, 0.1) is 5.56 Å². The second kappa shape index (κ2) is 4.45. The molecule has 21 heavy (non-hydrogen) atoms. The summed E-state index contributed by atoms with van der Waals surface area (Å²) in [6.45, 7) is 0. The fourth-order valence-electron chi connectivity index (χ4n) is 2.18. The molecule has 0 radical (unpaired) electrons. The summed E-state index contributed by atoms with van der Waals surface area (Å²) in [7, 11) is 0. The molecule has 0 atom stereocenters. The van der Waals surface area contributed by atoms with Crippen molar-refractivity contribution in [2.45, 2.75) is 0 Å². The Balaban J connectivity index is 1.81. The predicted octanol–water partition coefficient (Wildman–Crippen LogP) is 3.13. The Hall–Kier alpha value is -3.15. The van der Waals surface area contributed by atoms with Crippen LogP contribution >= 0.6 is 0 Å². The first-order valence-corrected chi connectivity index (χ1v) is 6.33. The van der Waals surface area contributed by atoms with Crippen LogP contribution in [0.25, 0.3) is 33.8 Å². The van der Waals surface area contributed by atoms with Crippen molar-refractivity contribution in [3.63, 3.8) is 0 Å². The Bertz CT molecular complexity index is 926. The molecular weight excluding hydrogens is 268 g/mol. The molecule has 6 heteroatoms. The summed E-state index contributed by atoms with van der Waals surface area (Å²) in [6, 6.07) is 11.1. The fourth-order valence-corrected chi connectivity index (χ4v) is 2.18. The summed E-state index contributed by atoms with van der Waals surface area (Å²) < 4.78 is 10.8. The number of para-hydroxylation sites is 1. The Kier molecular flexibility index (Phi) is 2.47. The van der Waals surface area contributed by atoms with Crippen LogP contribution in [0.2, 0.25) is 0 Å². The molecule has 4 aromatic rings. The van der Waals surface area contributed by atoms with E-state index in [0.29, 0.717) is 17.5 Å². The molecule has 1 aromatic carbocycles. The maximum atomic E-state index is 5.66. The van der Waals surface area contributed by atoms with E-state index in [1.165, 1.54) is 0 Å². The third-order valence-electron chi connectivity index (χ3n) is 3.18. The average molecular weight is 278 g/mol. The number of aromatic nitrogens is 3. The van der Waals surface area contributed by atoms with Crippen molar-refractivity contribution in [1.82, 2.24) is 15.1 Å². The van der Waals surface area contributed by atoms with E-state index >= 15 is 0 Å². The van der Waals surface area contributed by atoms with Crippen LogP contribution in [0.1, 0.15) is 0 Å². The molecule has 0 bridgehead atoms. The number of nitrogens with zero attached hydrogens (tertiary/aromatic N) is 3. The lowest BCUT2D eigenvalue weighted by molar-refractivity contribution is 0.432. The Morgan fingerprint density at radius 1 is 1.10 bits per heavy atom. The summed E-state index contributed by atoms with van der Waals surface area (Å²) in [5.41, 5.74) is 7.96. The van der Waals surface area contributed by atoms with Gasteiger partial charge in [-0.15, -0.1) is 0 Å². The second-order valence-corrected chi connectivity index (χ2v) is 4.54. The molecule has 0 saturated carbocycles. The van der Waals surface area contributed by atoms with Gasteiger partial charge in [-0.3, -0.25) is 0 Å². The van der Waals surface area contributed by atoms with E-state index in [1.807, 2.05) is 24.3 Å². The Morgan fingerprint density at radius 3 is 2.90 bits per heavy atom. The van der Waals surface area contributed by atoms with Gasteiger partial charge in [0.2, 0.25) is 5.82 Å². The van der Waals surface area contributed by atoms with Crippen molar-refractivity contribution >= 4 is 16.8 Å². The van der Waals surface area contributed by atoms with Gasteiger partial charge in [0, 0.05) is 17.1 Å². The zero-order chi connectivity index (χ0) is 14.2. The Labute approximate surface area is 119 Å². The van der Waals surface area contributed by atoms with Gasteiger partial charge in [-0.05, 0) is 18.2 Å². The third-order valence-corrected chi connectivity index (χ3v) is 3.18. The normalized spacial score (nSPS) is 11.0. The highest BCUT2D eigenvalue weighted by Gasteiger charge is 2.15. The minimum Gasteiger partial charge on any atom is -0.464 e. The van der Waals surface area contributed by atoms with Crippen LogP contribution in [0.3, 0.4) is 0 Å². The molecule has 4 rings (SSSR count). The van der Waals surface area contributed by atoms with E-state index < -0.39 is 0 Å². The number of anilines is 1. The van der Waals surface area contributed by atoms with Gasteiger partial charge in [0.1, 0.15) is 17.7 Å². The number of hydrogen-bond donors (Lipinski definition) is 1. The number of nitrogens with two attached hydrogens (primary N) is 1. The lowest BCUT2D eigenvalue weighted by Gasteiger charge is -1.94. The molecule has 0 aliphatic heterocycles. The van der Waals surface area contributed by atoms with Crippen molar-refractivity contribution in [2.24, 2.45) is 0 Å². The highest BCUT2D eigenvalue weighted by atomic mass is 16.5. The third kappa shape index (κ3) is 1.93. The second-order valence-electron chi connectivity index (χ2n) is 4.54. The number of rotatable bonds is 2. The van der Waals surface area contributed by atoms with Crippen LogP contribution in [0.15, 0.2) is 57.8 Å². The quantitative estimate of drug-likeness (QED) is 0.605. The van der Waals surface area contributed by atoms with Gasteiger partial charge in [-0.1, -0.05) is 23.4 Å². The van der Waals surface area contributed by atoms with Crippen molar-refractivity contribution in [3.05, 3.63) is 48.9 Å². The van der Waals surface area contributed by atoms with Crippen molar-refractivity contribution in [2.75, 3.05) is 5.73 Å². The molecule has 0 aliphatic rings.